The molecule has 0 atom stereocenters. The van der Waals surface area contributed by atoms with Gasteiger partial charge in [-0.1, -0.05) is 24.3 Å². The van der Waals surface area contributed by atoms with Crippen LogP contribution in [-0.2, 0) is 27.3 Å². The maximum Gasteiger partial charge on any atom is 0.305 e. The predicted molar refractivity (Wildman–Crippen MR) is 160 cm³/mol. The molecular weight excluding hydrogens is 566 g/mol. The number of hydrogen-bond acceptors (Lipinski definition) is 10. The molecule has 230 valence electrons. The highest BCUT2D eigenvalue weighted by Crippen LogP contribution is 2.31. The molecule has 1 saturated carbocycles. The van der Waals surface area contributed by atoms with Gasteiger partial charge in [-0.2, -0.15) is 0 Å². The molecular formula is C34H35NO9. The van der Waals surface area contributed by atoms with Gasteiger partial charge in [-0.15, -0.1) is 0 Å². The fraction of sp³-hybridized carbons (Fsp3) is 0.324. The summed E-state index contributed by atoms with van der Waals surface area (Å²) in [5, 5.41) is 14.5. The second-order valence-electron chi connectivity index (χ2n) is 10.5. The molecule has 0 aliphatic heterocycles. The van der Waals surface area contributed by atoms with Gasteiger partial charge < -0.3 is 33.3 Å². The Labute approximate surface area is 255 Å². The molecule has 1 aliphatic rings. The smallest absolute Gasteiger partial charge is 0.305 e. The third kappa shape index (κ3) is 7.76. The van der Waals surface area contributed by atoms with Crippen molar-refractivity contribution in [1.29, 1.82) is 0 Å². The van der Waals surface area contributed by atoms with Gasteiger partial charge in [0.05, 0.1) is 18.8 Å². The first-order chi connectivity index (χ1) is 21.4. The van der Waals surface area contributed by atoms with Crippen LogP contribution in [0.5, 0.6) is 23.1 Å². The lowest BCUT2D eigenvalue weighted by Crippen LogP contribution is -2.11. The summed E-state index contributed by atoms with van der Waals surface area (Å²) in [5.41, 5.74) is 2.91. The van der Waals surface area contributed by atoms with Gasteiger partial charge >= 0.3 is 5.97 Å². The number of ether oxygens (including phenoxy) is 5. The van der Waals surface area contributed by atoms with Gasteiger partial charge in [-0.05, 0) is 78.7 Å². The Morgan fingerprint density at radius 1 is 0.955 bits per heavy atom. The van der Waals surface area contributed by atoms with Crippen molar-refractivity contribution in [3.8, 4) is 34.5 Å². The first-order valence-corrected chi connectivity index (χ1v) is 14.5. The highest BCUT2D eigenvalue weighted by molar-refractivity contribution is 6.11. The largest absolute Gasteiger partial charge is 0.507 e. The number of aromatic hydroxyl groups is 1. The van der Waals surface area contributed by atoms with E-state index in [0.717, 1.165) is 36.8 Å². The van der Waals surface area contributed by atoms with E-state index in [1.165, 1.54) is 20.3 Å². The van der Waals surface area contributed by atoms with E-state index < -0.39 is 0 Å². The standard InChI is InChI=1S/C34H35NO9/c1-39-21-42-32-19-31(44-35-32)23-9-7-22(8-10-23)20-41-30-15-11-25(17-24(30)12-16-33(37)40-2)34(38)28-14-13-27(18-29(28)36)43-26-5-3-4-6-26/h7-11,13-15,17-19,26,36H,3-6,12,16,20-21H2,1-2H3. The number of phenolic OH excluding ortho intramolecular Hbond substituents is 1. The number of phenols is 1. The molecule has 1 fully saturated rings. The average Bonchev–Trinajstić information content (AvgIpc) is 3.74. The van der Waals surface area contributed by atoms with Crippen molar-refractivity contribution in [3.05, 3.63) is 89.0 Å². The van der Waals surface area contributed by atoms with Crippen molar-refractivity contribution in [2.24, 2.45) is 0 Å². The van der Waals surface area contributed by atoms with E-state index in [1.54, 1.807) is 36.4 Å². The zero-order valence-electron chi connectivity index (χ0n) is 24.7. The number of hydrogen-bond donors (Lipinski definition) is 1. The van der Waals surface area contributed by atoms with Gasteiger partial charge in [0.2, 0.25) is 0 Å². The van der Waals surface area contributed by atoms with Crippen molar-refractivity contribution in [2.75, 3.05) is 21.0 Å². The molecule has 0 spiro atoms. The zero-order chi connectivity index (χ0) is 30.9. The number of carbonyl (C=O) groups is 2. The van der Waals surface area contributed by atoms with Crippen LogP contribution < -0.4 is 14.2 Å². The van der Waals surface area contributed by atoms with Crippen LogP contribution in [0, 0.1) is 0 Å². The Balaban J connectivity index is 1.28. The van der Waals surface area contributed by atoms with Gasteiger partial charge in [-0.3, -0.25) is 9.59 Å². The van der Waals surface area contributed by atoms with Crippen LogP contribution >= 0.6 is 0 Å². The van der Waals surface area contributed by atoms with Crippen LogP contribution in [0.15, 0.2) is 71.3 Å². The van der Waals surface area contributed by atoms with Crippen LogP contribution in [-0.4, -0.2) is 49.1 Å². The van der Waals surface area contributed by atoms with Gasteiger partial charge in [0.25, 0.3) is 5.88 Å². The van der Waals surface area contributed by atoms with Crippen LogP contribution in [0.25, 0.3) is 11.3 Å². The zero-order valence-corrected chi connectivity index (χ0v) is 24.7. The fourth-order valence-corrected chi connectivity index (χ4v) is 5.04. The molecule has 0 radical (unpaired) electrons. The number of aromatic nitrogens is 1. The molecule has 10 heteroatoms. The van der Waals surface area contributed by atoms with Crippen LogP contribution in [0.2, 0.25) is 0 Å². The van der Waals surface area contributed by atoms with Gasteiger partial charge in [0.15, 0.2) is 18.3 Å². The molecule has 4 aromatic rings. The third-order valence-electron chi connectivity index (χ3n) is 7.41. The van der Waals surface area contributed by atoms with E-state index in [4.69, 9.17) is 28.2 Å². The van der Waals surface area contributed by atoms with Gasteiger partial charge in [0, 0.05) is 36.8 Å². The second kappa shape index (κ2) is 14.6. The number of carbonyl (C=O) groups excluding carboxylic acids is 2. The van der Waals surface area contributed by atoms with Crippen LogP contribution in [0.4, 0.5) is 0 Å². The molecule has 5 rings (SSSR count). The van der Waals surface area contributed by atoms with Gasteiger partial charge in [-0.25, -0.2) is 0 Å². The predicted octanol–water partition coefficient (Wildman–Crippen LogP) is 6.27. The lowest BCUT2D eigenvalue weighted by atomic mass is 9.98. The number of methoxy groups -OCH3 is 2. The lowest BCUT2D eigenvalue weighted by molar-refractivity contribution is -0.140. The number of ketones is 1. The van der Waals surface area contributed by atoms with E-state index in [-0.39, 0.29) is 49.0 Å². The number of aryl methyl sites for hydroxylation is 1. The Morgan fingerprint density at radius 3 is 2.48 bits per heavy atom. The van der Waals surface area contributed by atoms with E-state index >= 15 is 0 Å². The molecule has 1 aromatic heterocycles. The highest BCUT2D eigenvalue weighted by Gasteiger charge is 2.20. The first kappa shape index (κ1) is 30.6. The SMILES string of the molecule is COCOc1cc(-c2ccc(COc3ccc(C(=O)c4ccc(OC5CCCC5)cc4O)cc3CCC(=O)OC)cc2)on1. The minimum absolute atomic E-state index is 0.0738. The second-order valence-corrected chi connectivity index (χ2v) is 10.5. The monoisotopic (exact) mass is 601 g/mol. The minimum Gasteiger partial charge on any atom is -0.507 e. The maximum absolute atomic E-state index is 13.4. The number of benzene rings is 3. The summed E-state index contributed by atoms with van der Waals surface area (Å²) in [6.07, 6.45) is 4.81. The molecule has 0 bridgehead atoms. The fourth-order valence-electron chi connectivity index (χ4n) is 5.04. The molecule has 0 saturated heterocycles. The highest BCUT2D eigenvalue weighted by atomic mass is 16.7. The Hall–Kier alpha value is -4.83. The van der Waals surface area contributed by atoms with Crippen molar-refractivity contribution in [1.82, 2.24) is 5.16 Å². The molecule has 1 heterocycles. The van der Waals surface area contributed by atoms with E-state index in [9.17, 15) is 14.7 Å². The van der Waals surface area contributed by atoms with E-state index in [0.29, 0.717) is 40.7 Å². The normalized spacial score (nSPS) is 13.0. The van der Waals surface area contributed by atoms with Crippen molar-refractivity contribution < 1.29 is 42.9 Å². The molecule has 10 nitrogen and oxygen atoms in total. The van der Waals surface area contributed by atoms with Crippen molar-refractivity contribution >= 4 is 11.8 Å². The van der Waals surface area contributed by atoms with Crippen LogP contribution in [0.1, 0.15) is 59.2 Å². The first-order valence-electron chi connectivity index (χ1n) is 14.5. The lowest BCUT2D eigenvalue weighted by Gasteiger charge is -2.15. The van der Waals surface area contributed by atoms with Crippen molar-refractivity contribution in [3.63, 3.8) is 0 Å². The molecule has 44 heavy (non-hydrogen) atoms. The molecule has 3 aromatic carbocycles. The van der Waals surface area contributed by atoms with Gasteiger partial charge in [0.1, 0.15) is 23.9 Å². The molecule has 1 N–H and O–H groups in total. The summed E-state index contributed by atoms with van der Waals surface area (Å²) in [6, 6.07) is 19.1. The summed E-state index contributed by atoms with van der Waals surface area (Å²) in [6.45, 7) is 0.324. The summed E-state index contributed by atoms with van der Waals surface area (Å²) < 4.78 is 32.4. The average molecular weight is 602 g/mol. The third-order valence-corrected chi connectivity index (χ3v) is 7.41. The minimum atomic E-state index is -0.373. The number of esters is 1. The molecule has 0 unspecified atom stereocenters. The van der Waals surface area contributed by atoms with E-state index in [2.05, 4.69) is 5.16 Å². The molecule has 0 amide bonds. The Morgan fingerprint density at radius 2 is 1.75 bits per heavy atom. The maximum atomic E-state index is 13.4. The summed E-state index contributed by atoms with van der Waals surface area (Å²) in [7, 11) is 2.86. The summed E-state index contributed by atoms with van der Waals surface area (Å²) in [4.78, 5) is 25.3. The Kier molecular flexibility index (Phi) is 10.1. The molecule has 1 aliphatic carbocycles. The topological polar surface area (TPSA) is 127 Å². The Bertz CT molecular complexity index is 1570. The summed E-state index contributed by atoms with van der Waals surface area (Å²) >= 11 is 0. The number of nitrogens with zero attached hydrogens (tertiary/aromatic N) is 1. The van der Waals surface area contributed by atoms with E-state index in [1.807, 2.05) is 24.3 Å². The van der Waals surface area contributed by atoms with Crippen molar-refractivity contribution in [2.45, 2.75) is 51.2 Å². The quantitative estimate of drug-likeness (QED) is 0.100. The summed E-state index contributed by atoms with van der Waals surface area (Å²) in [5.74, 6) is 1.10. The van der Waals surface area contributed by atoms with Crippen LogP contribution in [0.3, 0.4) is 0 Å². The number of rotatable bonds is 14.